The molecule has 2 heterocycles. The van der Waals surface area contributed by atoms with Crippen LogP contribution in [0.25, 0.3) is 0 Å². The van der Waals surface area contributed by atoms with Crippen LogP contribution in [0.1, 0.15) is 18.6 Å². The number of hydrogen-bond donors (Lipinski definition) is 0. The lowest BCUT2D eigenvalue weighted by molar-refractivity contribution is 0.383. The van der Waals surface area contributed by atoms with Gasteiger partial charge in [-0.1, -0.05) is 30.3 Å². The second-order valence-electron chi connectivity index (χ2n) is 5.77. The first kappa shape index (κ1) is 13.9. The minimum atomic E-state index is -1.98. The Balaban J connectivity index is 1.53. The maximum atomic E-state index is 12.8. The number of nitrogens with zero attached hydrogens (tertiary/aromatic N) is 2. The Bertz CT molecular complexity index is 690. The van der Waals surface area contributed by atoms with Crippen molar-refractivity contribution < 1.29 is 9.30 Å². The molecule has 2 aliphatic heterocycles. The predicted octanol–water partition coefficient (Wildman–Crippen LogP) is 3.86. The van der Waals surface area contributed by atoms with Crippen molar-refractivity contribution in [2.75, 3.05) is 22.4 Å². The molecule has 2 aromatic carbocycles. The summed E-state index contributed by atoms with van der Waals surface area (Å²) in [5.41, 5.74) is 3.26. The molecule has 0 bridgehead atoms. The van der Waals surface area contributed by atoms with E-state index in [2.05, 4.69) is 31.2 Å². The predicted molar refractivity (Wildman–Crippen MR) is 89.9 cm³/mol. The number of para-hydroxylation sites is 1. The molecule has 3 atom stereocenters. The summed E-state index contributed by atoms with van der Waals surface area (Å²) in [6.07, 6.45) is 0.566. The highest BCUT2D eigenvalue weighted by Crippen LogP contribution is 2.45. The molecule has 0 spiro atoms. The number of ether oxygens (including phenoxy) is 1. The van der Waals surface area contributed by atoms with Crippen LogP contribution in [0.4, 0.5) is 11.4 Å². The van der Waals surface area contributed by atoms with Crippen molar-refractivity contribution in [3.8, 4) is 0 Å². The van der Waals surface area contributed by atoms with Crippen LogP contribution >= 0.6 is 8.10 Å². The van der Waals surface area contributed by atoms with Gasteiger partial charge in [-0.15, -0.1) is 0 Å². The summed E-state index contributed by atoms with van der Waals surface area (Å²) in [6, 6.07) is 18.3. The van der Waals surface area contributed by atoms with E-state index < -0.39 is 8.10 Å². The Morgan fingerprint density at radius 2 is 1.50 bits per heavy atom. The van der Waals surface area contributed by atoms with E-state index >= 15 is 0 Å². The van der Waals surface area contributed by atoms with Gasteiger partial charge in [0.15, 0.2) is 0 Å². The number of benzene rings is 2. The molecule has 0 aromatic heterocycles. The van der Waals surface area contributed by atoms with E-state index in [0.29, 0.717) is 6.10 Å². The Labute approximate surface area is 131 Å². The van der Waals surface area contributed by atoms with Crippen molar-refractivity contribution in [2.24, 2.45) is 0 Å². The lowest BCUT2D eigenvalue weighted by atomic mass is 10.1. The molecule has 22 heavy (non-hydrogen) atoms. The molecule has 0 aliphatic carbocycles. The zero-order valence-electron chi connectivity index (χ0n) is 12.5. The van der Waals surface area contributed by atoms with Gasteiger partial charge in [0.25, 0.3) is 8.10 Å². The summed E-state index contributed by atoms with van der Waals surface area (Å²) in [5, 5.41) is 0. The third-order valence-corrected chi connectivity index (χ3v) is 6.21. The highest BCUT2D eigenvalue weighted by Gasteiger charge is 2.36. The fourth-order valence-corrected chi connectivity index (χ4v) is 4.62. The monoisotopic (exact) mass is 314 g/mol. The van der Waals surface area contributed by atoms with E-state index in [9.17, 15) is 4.57 Å². The van der Waals surface area contributed by atoms with Crippen LogP contribution in [0, 0.1) is 0 Å². The minimum Gasteiger partial charge on any atom is -0.365 e. The number of rotatable bonds is 3. The maximum absolute atomic E-state index is 12.8. The molecule has 2 aliphatic rings. The molecular weight excluding hydrogens is 295 g/mol. The largest absolute Gasteiger partial charge is 0.365 e. The van der Waals surface area contributed by atoms with E-state index in [4.69, 9.17) is 4.74 Å². The normalized spacial score (nSPS) is 27.2. The molecule has 4 rings (SSSR count). The third-order valence-electron chi connectivity index (χ3n) is 4.32. The lowest BCUT2D eigenvalue weighted by Gasteiger charge is -2.21. The van der Waals surface area contributed by atoms with E-state index in [1.165, 1.54) is 5.56 Å². The molecule has 5 heteroatoms. The second kappa shape index (κ2) is 5.45. The molecule has 0 radical (unpaired) electrons. The summed E-state index contributed by atoms with van der Waals surface area (Å²) < 4.78 is 22.3. The molecular formula is C17H19N2O2P. The lowest BCUT2D eigenvalue weighted by Crippen LogP contribution is -2.10. The first-order valence-corrected chi connectivity index (χ1v) is 8.94. The topological polar surface area (TPSA) is 36.1 Å². The van der Waals surface area contributed by atoms with Gasteiger partial charge in [-0.2, -0.15) is 0 Å². The molecule has 0 saturated carbocycles. The molecule has 0 amide bonds. The van der Waals surface area contributed by atoms with Crippen molar-refractivity contribution in [3.05, 3.63) is 60.2 Å². The van der Waals surface area contributed by atoms with Gasteiger partial charge in [0.1, 0.15) is 6.10 Å². The second-order valence-corrected chi connectivity index (χ2v) is 7.42. The van der Waals surface area contributed by atoms with Crippen LogP contribution in [0.2, 0.25) is 0 Å². The van der Waals surface area contributed by atoms with Crippen molar-refractivity contribution in [3.63, 3.8) is 0 Å². The van der Waals surface area contributed by atoms with Gasteiger partial charge >= 0.3 is 0 Å². The van der Waals surface area contributed by atoms with Crippen molar-refractivity contribution in [2.45, 2.75) is 19.1 Å². The molecule has 0 N–H and O–H groups in total. The molecule has 1 unspecified atom stereocenters. The molecule has 2 saturated heterocycles. The Hall–Kier alpha value is -1.77. The average molecular weight is 314 g/mol. The highest BCUT2D eigenvalue weighted by atomic mass is 31.1. The zero-order valence-corrected chi connectivity index (χ0v) is 13.5. The van der Waals surface area contributed by atoms with E-state index in [1.54, 1.807) is 0 Å². The highest BCUT2D eigenvalue weighted by molar-refractivity contribution is 7.49. The van der Waals surface area contributed by atoms with Crippen LogP contribution in [0.15, 0.2) is 54.6 Å². The number of hydrogen-bond acceptors (Lipinski definition) is 2. The van der Waals surface area contributed by atoms with Crippen LogP contribution in [-0.2, 0) is 9.30 Å². The van der Waals surface area contributed by atoms with Crippen molar-refractivity contribution in [1.82, 2.24) is 0 Å². The Morgan fingerprint density at radius 3 is 2.05 bits per heavy atom. The standard InChI is InChI=1S/C17H19N2O2P/c1-13-17(21-13)14-7-9-16(10-8-14)19-12-11-18(22(19)20)15-5-3-2-4-6-15/h2-10,13,17,22H,11-12H2,1H3/t13-,17-/m1/s1. The zero-order chi connectivity index (χ0) is 15.1. The van der Waals surface area contributed by atoms with Gasteiger partial charge in [0, 0.05) is 24.5 Å². The molecule has 114 valence electrons. The van der Waals surface area contributed by atoms with Crippen LogP contribution in [0.5, 0.6) is 0 Å². The van der Waals surface area contributed by atoms with E-state index in [1.807, 2.05) is 39.7 Å². The summed E-state index contributed by atoms with van der Waals surface area (Å²) >= 11 is 0. The average Bonchev–Trinajstić information content (AvgIpc) is 3.17. The van der Waals surface area contributed by atoms with Gasteiger partial charge in [0.2, 0.25) is 0 Å². The Kier molecular flexibility index (Phi) is 3.44. The van der Waals surface area contributed by atoms with Crippen LogP contribution < -0.4 is 9.34 Å². The van der Waals surface area contributed by atoms with Crippen LogP contribution in [-0.4, -0.2) is 19.2 Å². The molecule has 2 aromatic rings. The Morgan fingerprint density at radius 1 is 0.955 bits per heavy atom. The summed E-state index contributed by atoms with van der Waals surface area (Å²) in [7, 11) is -1.98. The minimum absolute atomic E-state index is 0.241. The van der Waals surface area contributed by atoms with Crippen LogP contribution in [0.3, 0.4) is 0 Å². The number of anilines is 2. The quantitative estimate of drug-likeness (QED) is 0.636. The number of epoxide rings is 1. The smallest absolute Gasteiger partial charge is 0.251 e. The fraction of sp³-hybridized carbons (Fsp3) is 0.294. The summed E-state index contributed by atoms with van der Waals surface area (Å²) in [4.78, 5) is 0. The van der Waals surface area contributed by atoms with Gasteiger partial charge in [-0.3, -0.25) is 4.57 Å². The van der Waals surface area contributed by atoms with Gasteiger partial charge < -0.3 is 14.1 Å². The van der Waals surface area contributed by atoms with E-state index in [-0.39, 0.29) is 6.10 Å². The van der Waals surface area contributed by atoms with Gasteiger partial charge in [-0.05, 0) is 36.8 Å². The summed E-state index contributed by atoms with van der Waals surface area (Å²) in [6.45, 7) is 3.67. The van der Waals surface area contributed by atoms with Gasteiger partial charge in [-0.25, -0.2) is 0 Å². The molecule has 2 fully saturated rings. The SMILES string of the molecule is C[C@H]1O[C@H]1c1ccc(N2CCN(c3ccccc3)[PH]2=O)cc1. The first-order chi connectivity index (χ1) is 10.7. The van der Waals surface area contributed by atoms with E-state index in [0.717, 1.165) is 24.5 Å². The van der Waals surface area contributed by atoms with Crippen molar-refractivity contribution >= 4 is 19.5 Å². The molecule has 4 nitrogen and oxygen atoms in total. The summed E-state index contributed by atoms with van der Waals surface area (Å²) in [5.74, 6) is 0. The maximum Gasteiger partial charge on any atom is 0.251 e. The first-order valence-electron chi connectivity index (χ1n) is 7.63. The fourth-order valence-electron chi connectivity index (χ4n) is 3.00. The van der Waals surface area contributed by atoms with Gasteiger partial charge in [0.05, 0.1) is 6.10 Å². The third kappa shape index (κ3) is 2.43. The van der Waals surface area contributed by atoms with Crippen molar-refractivity contribution in [1.29, 1.82) is 0 Å².